The molecule has 0 aliphatic carbocycles. The highest BCUT2D eigenvalue weighted by molar-refractivity contribution is 7.71. The molecule has 0 spiro atoms. The summed E-state index contributed by atoms with van der Waals surface area (Å²) < 4.78 is 2.21. The van der Waals surface area contributed by atoms with Crippen molar-refractivity contribution in [2.24, 2.45) is 0 Å². The molecule has 0 atom stereocenters. The van der Waals surface area contributed by atoms with Gasteiger partial charge in [-0.05, 0) is 61.0 Å². The van der Waals surface area contributed by atoms with Crippen LogP contribution >= 0.6 is 12.2 Å². The topological polar surface area (TPSA) is 56.7 Å². The largest absolute Gasteiger partial charge is 0.384 e. The number of hydrogen-bond acceptors (Lipinski definition) is 4. The van der Waals surface area contributed by atoms with Crippen LogP contribution in [0.25, 0.3) is 39.1 Å². The third kappa shape index (κ3) is 3.57. The van der Waals surface area contributed by atoms with Gasteiger partial charge in [-0.15, -0.1) is 0 Å². The van der Waals surface area contributed by atoms with E-state index in [4.69, 9.17) is 27.9 Å². The maximum absolute atomic E-state index is 6.76. The van der Waals surface area contributed by atoms with Crippen LogP contribution in [0.3, 0.4) is 0 Å². The lowest BCUT2D eigenvalue weighted by molar-refractivity contribution is 0.985. The first kappa shape index (κ1) is 20.1. The molecule has 0 saturated heterocycles. The van der Waals surface area contributed by atoms with Crippen LogP contribution in [-0.2, 0) is 0 Å². The van der Waals surface area contributed by atoms with Gasteiger partial charge in [-0.3, -0.25) is 4.57 Å². The predicted octanol–water partition coefficient (Wildman–Crippen LogP) is 6.68. The second-order valence-electron chi connectivity index (χ2n) is 7.94. The third-order valence-corrected chi connectivity index (χ3v) is 5.86. The first-order valence-corrected chi connectivity index (χ1v) is 10.8. The maximum atomic E-state index is 6.76. The Morgan fingerprint density at radius 3 is 2.22 bits per heavy atom. The van der Waals surface area contributed by atoms with Crippen molar-refractivity contribution >= 4 is 29.1 Å². The Bertz CT molecular complexity index is 1500. The molecule has 2 heterocycles. The van der Waals surface area contributed by atoms with E-state index in [0.717, 1.165) is 39.0 Å². The highest BCUT2D eigenvalue weighted by atomic mass is 32.1. The highest BCUT2D eigenvalue weighted by Gasteiger charge is 2.17. The van der Waals surface area contributed by atoms with Crippen LogP contribution in [0, 0.1) is 18.6 Å². The van der Waals surface area contributed by atoms with Crippen LogP contribution in [0.1, 0.15) is 11.1 Å². The molecular formula is C27H22N4S. The molecule has 0 amide bonds. The van der Waals surface area contributed by atoms with Gasteiger partial charge >= 0.3 is 0 Å². The van der Waals surface area contributed by atoms with E-state index in [1.54, 1.807) is 0 Å². The minimum absolute atomic E-state index is 0.383. The molecule has 4 nitrogen and oxygen atoms in total. The number of rotatable bonds is 3. The summed E-state index contributed by atoms with van der Waals surface area (Å²) in [6.07, 6.45) is 0. The fraction of sp³-hybridized carbons (Fsp3) is 0.0741. The average Bonchev–Trinajstić information content (AvgIpc) is 2.79. The van der Waals surface area contributed by atoms with E-state index < -0.39 is 0 Å². The Hall–Kier alpha value is -3.83. The Balaban J connectivity index is 1.86. The zero-order valence-electron chi connectivity index (χ0n) is 17.9. The van der Waals surface area contributed by atoms with Gasteiger partial charge in [0.05, 0.1) is 16.8 Å². The minimum atomic E-state index is 0.383. The molecule has 32 heavy (non-hydrogen) atoms. The molecular weight excluding hydrogens is 412 g/mol. The standard InChI is InChI=1S/C27H22N4S/c1-17-11-13-20(14-12-17)23-16-22(19-8-4-3-5-9-19)24-25(28)31(27(32)30-26(24)29-23)21-10-6-7-18(2)15-21/h3-16H,28H2,1-2H3. The normalized spacial score (nSPS) is 11.1. The fourth-order valence-corrected chi connectivity index (χ4v) is 4.24. The van der Waals surface area contributed by atoms with Crippen LogP contribution in [0.2, 0.25) is 0 Å². The summed E-state index contributed by atoms with van der Waals surface area (Å²) in [6, 6.07) is 28.7. The first-order valence-electron chi connectivity index (χ1n) is 10.4. The van der Waals surface area contributed by atoms with Crippen molar-refractivity contribution in [1.82, 2.24) is 14.5 Å². The monoisotopic (exact) mass is 434 g/mol. The van der Waals surface area contributed by atoms with E-state index in [2.05, 4.69) is 55.5 Å². The van der Waals surface area contributed by atoms with Crippen molar-refractivity contribution < 1.29 is 0 Å². The summed E-state index contributed by atoms with van der Waals surface area (Å²) in [5, 5.41) is 0.794. The van der Waals surface area contributed by atoms with Gasteiger partial charge in [0, 0.05) is 5.56 Å². The summed E-state index contributed by atoms with van der Waals surface area (Å²) in [7, 11) is 0. The van der Waals surface area contributed by atoms with Gasteiger partial charge in [0.15, 0.2) is 5.65 Å². The molecule has 156 valence electrons. The summed E-state index contributed by atoms with van der Waals surface area (Å²) in [5.41, 5.74) is 14.4. The molecule has 5 heteroatoms. The third-order valence-electron chi connectivity index (χ3n) is 5.58. The summed E-state index contributed by atoms with van der Waals surface area (Å²) in [4.78, 5) is 9.58. The van der Waals surface area contributed by atoms with Crippen LogP contribution in [-0.4, -0.2) is 14.5 Å². The number of aromatic nitrogens is 3. The zero-order chi connectivity index (χ0) is 22.2. The lowest BCUT2D eigenvalue weighted by atomic mass is 9.99. The molecule has 3 aromatic carbocycles. The summed E-state index contributed by atoms with van der Waals surface area (Å²) >= 11 is 5.66. The number of nitrogens with zero attached hydrogens (tertiary/aromatic N) is 3. The number of benzene rings is 3. The summed E-state index contributed by atoms with van der Waals surface area (Å²) in [6.45, 7) is 4.12. The van der Waals surface area contributed by atoms with Crippen molar-refractivity contribution in [2.45, 2.75) is 13.8 Å². The van der Waals surface area contributed by atoms with Crippen molar-refractivity contribution in [3.8, 4) is 28.1 Å². The summed E-state index contributed by atoms with van der Waals surface area (Å²) in [5.74, 6) is 0.535. The molecule has 0 aliphatic heterocycles. The van der Waals surface area contributed by atoms with E-state index >= 15 is 0 Å². The minimum Gasteiger partial charge on any atom is -0.384 e. The molecule has 2 N–H and O–H groups in total. The number of anilines is 1. The van der Waals surface area contributed by atoms with Gasteiger partial charge in [-0.1, -0.05) is 72.3 Å². The maximum Gasteiger partial charge on any atom is 0.207 e. The Morgan fingerprint density at radius 1 is 0.750 bits per heavy atom. The highest BCUT2D eigenvalue weighted by Crippen LogP contribution is 2.35. The molecule has 0 bridgehead atoms. The lowest BCUT2D eigenvalue weighted by Crippen LogP contribution is -2.09. The van der Waals surface area contributed by atoms with Gasteiger partial charge in [0.1, 0.15) is 5.82 Å². The van der Waals surface area contributed by atoms with Crippen molar-refractivity contribution in [1.29, 1.82) is 0 Å². The van der Waals surface area contributed by atoms with E-state index in [-0.39, 0.29) is 0 Å². The smallest absolute Gasteiger partial charge is 0.207 e. The molecule has 5 rings (SSSR count). The van der Waals surface area contributed by atoms with Gasteiger partial charge in [-0.2, -0.15) is 4.98 Å². The van der Waals surface area contributed by atoms with Gasteiger partial charge in [0.2, 0.25) is 4.77 Å². The number of nitrogen functional groups attached to an aromatic ring is 1. The molecule has 0 aliphatic rings. The molecule has 2 aromatic heterocycles. The Labute approximate surface area is 192 Å². The Morgan fingerprint density at radius 2 is 1.50 bits per heavy atom. The predicted molar refractivity (Wildman–Crippen MR) is 134 cm³/mol. The second-order valence-corrected chi connectivity index (χ2v) is 8.30. The zero-order valence-corrected chi connectivity index (χ0v) is 18.7. The van der Waals surface area contributed by atoms with Gasteiger partial charge < -0.3 is 5.73 Å². The number of hydrogen-bond donors (Lipinski definition) is 1. The lowest BCUT2D eigenvalue weighted by Gasteiger charge is -2.17. The SMILES string of the molecule is Cc1ccc(-c2cc(-c3ccccc3)c3c(N)n(-c4cccc(C)c4)c(=S)nc3n2)cc1. The molecule has 0 saturated carbocycles. The quantitative estimate of drug-likeness (QED) is 0.322. The molecule has 0 unspecified atom stereocenters. The number of nitrogens with two attached hydrogens (primary N) is 1. The number of aryl methyl sites for hydroxylation is 2. The van der Waals surface area contributed by atoms with E-state index in [1.807, 2.05) is 47.9 Å². The average molecular weight is 435 g/mol. The van der Waals surface area contributed by atoms with Crippen LogP contribution < -0.4 is 5.73 Å². The van der Waals surface area contributed by atoms with E-state index in [1.165, 1.54) is 5.56 Å². The number of fused-ring (bicyclic) bond motifs is 1. The van der Waals surface area contributed by atoms with Crippen molar-refractivity contribution in [3.63, 3.8) is 0 Å². The van der Waals surface area contributed by atoms with Crippen molar-refractivity contribution in [2.75, 3.05) is 5.73 Å². The van der Waals surface area contributed by atoms with Crippen LogP contribution in [0.5, 0.6) is 0 Å². The fourth-order valence-electron chi connectivity index (χ4n) is 3.95. The van der Waals surface area contributed by atoms with Gasteiger partial charge in [0.25, 0.3) is 0 Å². The Kier molecular flexibility index (Phi) is 5.04. The molecule has 5 aromatic rings. The van der Waals surface area contributed by atoms with Gasteiger partial charge in [-0.25, -0.2) is 4.98 Å². The van der Waals surface area contributed by atoms with E-state index in [0.29, 0.717) is 16.2 Å². The van der Waals surface area contributed by atoms with Crippen molar-refractivity contribution in [3.05, 3.63) is 101 Å². The van der Waals surface area contributed by atoms with Crippen LogP contribution in [0.15, 0.2) is 84.9 Å². The molecule has 0 fully saturated rings. The number of pyridine rings is 1. The first-order chi connectivity index (χ1) is 15.5. The second kappa shape index (κ2) is 8.02. The van der Waals surface area contributed by atoms with E-state index in [9.17, 15) is 0 Å². The molecule has 0 radical (unpaired) electrons. The van der Waals surface area contributed by atoms with Crippen LogP contribution in [0.4, 0.5) is 5.82 Å².